The molecule has 10 nitrogen and oxygen atoms in total. The van der Waals surface area contributed by atoms with E-state index < -0.39 is 42.2 Å². The second kappa shape index (κ2) is 13.0. The van der Waals surface area contributed by atoms with Gasteiger partial charge in [-0.25, -0.2) is 4.79 Å². The molecule has 0 saturated heterocycles. The van der Waals surface area contributed by atoms with E-state index in [9.17, 15) is 24.3 Å². The van der Waals surface area contributed by atoms with Crippen LogP contribution in [0.4, 0.5) is 0 Å². The van der Waals surface area contributed by atoms with Crippen LogP contribution in [0.5, 0.6) is 5.75 Å². The monoisotopic (exact) mass is 484 g/mol. The summed E-state index contributed by atoms with van der Waals surface area (Å²) in [6, 6.07) is 1.45. The largest absolute Gasteiger partial charge is 0.491 e. The molecule has 0 aromatic heterocycles. The molecular weight excluding hydrogens is 452 g/mol. The molecule has 184 valence electrons. The van der Waals surface area contributed by atoms with Crippen LogP contribution in [0.1, 0.15) is 50.9 Å². The van der Waals surface area contributed by atoms with Gasteiger partial charge in [0, 0.05) is 11.1 Å². The Balaban J connectivity index is 3.10. The van der Waals surface area contributed by atoms with Crippen molar-refractivity contribution >= 4 is 35.3 Å². The summed E-state index contributed by atoms with van der Waals surface area (Å²) in [7, 11) is 0. The predicted molar refractivity (Wildman–Crippen MR) is 124 cm³/mol. The van der Waals surface area contributed by atoms with Crippen molar-refractivity contribution in [1.29, 1.82) is 0 Å². The van der Waals surface area contributed by atoms with Gasteiger partial charge in [0.05, 0.1) is 12.0 Å². The number of hydrogen-bond acceptors (Lipinski definition) is 6. The fourth-order valence-electron chi connectivity index (χ4n) is 2.77. The van der Waals surface area contributed by atoms with Gasteiger partial charge in [0.2, 0.25) is 11.8 Å². The zero-order valence-electron chi connectivity index (χ0n) is 19.3. The van der Waals surface area contributed by atoms with Crippen molar-refractivity contribution in [3.05, 3.63) is 28.8 Å². The average Bonchev–Trinajstić information content (AvgIpc) is 2.73. The molecule has 0 unspecified atom stereocenters. The Hall–Kier alpha value is -2.85. The number of carboxylic acids is 1. The minimum atomic E-state index is -1.39. The molecule has 0 radical (unpaired) electrons. The van der Waals surface area contributed by atoms with Crippen molar-refractivity contribution in [3.63, 3.8) is 0 Å². The first kappa shape index (κ1) is 28.2. The van der Waals surface area contributed by atoms with E-state index in [1.807, 2.05) is 13.8 Å². The van der Waals surface area contributed by atoms with Gasteiger partial charge in [-0.2, -0.15) is 0 Å². The normalized spacial score (nSPS) is 14.6. The molecular formula is C22H33ClN4O6. The summed E-state index contributed by atoms with van der Waals surface area (Å²) in [5.74, 6) is -3.73. The molecule has 1 rings (SSSR count). The van der Waals surface area contributed by atoms with E-state index in [2.05, 4.69) is 10.6 Å². The molecule has 1 aromatic rings. The Kier molecular flexibility index (Phi) is 11.1. The Morgan fingerprint density at radius 3 is 2.30 bits per heavy atom. The lowest BCUT2D eigenvalue weighted by atomic mass is 9.98. The van der Waals surface area contributed by atoms with Crippen LogP contribution in [0.15, 0.2) is 18.2 Å². The van der Waals surface area contributed by atoms with Crippen LogP contribution in [0.3, 0.4) is 0 Å². The minimum Gasteiger partial charge on any atom is -0.491 e. The smallest absolute Gasteiger partial charge is 0.326 e. The number of carbonyl (C=O) groups excluding carboxylic acids is 3. The Labute approximate surface area is 198 Å². The third-order valence-electron chi connectivity index (χ3n) is 5.28. The summed E-state index contributed by atoms with van der Waals surface area (Å²) in [6.45, 7) is 7.42. The van der Waals surface area contributed by atoms with Crippen LogP contribution in [0.2, 0.25) is 5.02 Å². The standard InChI is InChI=1S/C22H33ClN4O6/c1-5-12(4)19(22(31)32)27-21(30)16(9-18(25)28)26-20(29)14-7-6-13(23)8-17(14)33-10-15(24)11(2)3/h6-8,11-12,15-16,19H,5,9-10,24H2,1-4H3,(H2,25,28)(H,26,29)(H,27,30)(H,31,32)/t12-,15-,16-,19-/m0/s1. The quantitative estimate of drug-likeness (QED) is 0.280. The maximum atomic E-state index is 12.9. The molecule has 0 aliphatic heterocycles. The minimum absolute atomic E-state index is 0.0642. The van der Waals surface area contributed by atoms with Gasteiger partial charge in [0.15, 0.2) is 0 Å². The molecule has 11 heteroatoms. The number of amides is 3. The highest BCUT2D eigenvalue weighted by atomic mass is 35.5. The van der Waals surface area contributed by atoms with E-state index >= 15 is 0 Å². The molecule has 0 heterocycles. The zero-order chi connectivity index (χ0) is 25.3. The van der Waals surface area contributed by atoms with Crippen LogP contribution >= 0.6 is 11.6 Å². The number of aliphatic carboxylic acids is 1. The lowest BCUT2D eigenvalue weighted by Crippen LogP contribution is -2.54. The van der Waals surface area contributed by atoms with E-state index in [0.29, 0.717) is 11.4 Å². The predicted octanol–water partition coefficient (Wildman–Crippen LogP) is 1.29. The molecule has 4 atom stereocenters. The maximum absolute atomic E-state index is 12.9. The first-order valence-corrected chi connectivity index (χ1v) is 11.0. The van der Waals surface area contributed by atoms with Gasteiger partial charge in [0.25, 0.3) is 5.91 Å². The third-order valence-corrected chi connectivity index (χ3v) is 5.51. The van der Waals surface area contributed by atoms with Gasteiger partial charge in [-0.3, -0.25) is 14.4 Å². The average molecular weight is 485 g/mol. The number of halogens is 1. The van der Waals surface area contributed by atoms with Gasteiger partial charge in [0.1, 0.15) is 24.4 Å². The van der Waals surface area contributed by atoms with Crippen molar-refractivity contribution in [2.24, 2.45) is 23.3 Å². The number of nitrogens with one attached hydrogen (secondary N) is 2. The second-order valence-corrected chi connectivity index (χ2v) is 8.70. The molecule has 0 aliphatic carbocycles. The highest BCUT2D eigenvalue weighted by Crippen LogP contribution is 2.24. The molecule has 1 aromatic carbocycles. The maximum Gasteiger partial charge on any atom is 0.326 e. The molecule has 0 fully saturated rings. The van der Waals surface area contributed by atoms with E-state index in [0.717, 1.165) is 0 Å². The molecule has 0 spiro atoms. The van der Waals surface area contributed by atoms with Gasteiger partial charge in [-0.05, 0) is 30.0 Å². The van der Waals surface area contributed by atoms with Crippen LogP contribution in [0, 0.1) is 11.8 Å². The van der Waals surface area contributed by atoms with Gasteiger partial charge in [-0.15, -0.1) is 0 Å². The Morgan fingerprint density at radius 1 is 1.15 bits per heavy atom. The topological polar surface area (TPSA) is 174 Å². The van der Waals surface area contributed by atoms with E-state index in [1.54, 1.807) is 13.8 Å². The highest BCUT2D eigenvalue weighted by molar-refractivity contribution is 6.30. The number of rotatable bonds is 13. The number of carboxylic acid groups (broad SMARTS) is 1. The SMILES string of the molecule is CC[C@H](C)[C@H](NC(=O)[C@H](CC(N)=O)NC(=O)c1ccc(Cl)cc1OC[C@H](N)C(C)C)C(=O)O. The molecule has 33 heavy (non-hydrogen) atoms. The van der Waals surface area contributed by atoms with Gasteiger partial charge < -0.3 is 31.9 Å². The van der Waals surface area contributed by atoms with Crippen LogP contribution in [-0.2, 0) is 14.4 Å². The first-order chi connectivity index (χ1) is 15.4. The first-order valence-electron chi connectivity index (χ1n) is 10.7. The van der Waals surface area contributed by atoms with Crippen LogP contribution < -0.4 is 26.8 Å². The van der Waals surface area contributed by atoms with Gasteiger partial charge >= 0.3 is 5.97 Å². The number of ether oxygens (including phenoxy) is 1. The summed E-state index contributed by atoms with van der Waals surface area (Å²) in [5.41, 5.74) is 11.3. The Bertz CT molecular complexity index is 863. The van der Waals surface area contributed by atoms with Crippen molar-refractivity contribution in [2.45, 2.75) is 58.7 Å². The van der Waals surface area contributed by atoms with Crippen molar-refractivity contribution in [1.82, 2.24) is 10.6 Å². The van der Waals surface area contributed by atoms with Crippen molar-refractivity contribution < 1.29 is 29.0 Å². The van der Waals surface area contributed by atoms with E-state index in [1.165, 1.54) is 18.2 Å². The summed E-state index contributed by atoms with van der Waals surface area (Å²) in [6.07, 6.45) is -0.0273. The molecule has 0 aliphatic rings. The van der Waals surface area contributed by atoms with Crippen molar-refractivity contribution in [2.75, 3.05) is 6.61 Å². The fraction of sp³-hybridized carbons (Fsp3) is 0.545. The molecule has 7 N–H and O–H groups in total. The fourth-order valence-corrected chi connectivity index (χ4v) is 2.93. The number of carbonyl (C=O) groups is 4. The Morgan fingerprint density at radius 2 is 1.79 bits per heavy atom. The van der Waals surface area contributed by atoms with Crippen molar-refractivity contribution in [3.8, 4) is 5.75 Å². The summed E-state index contributed by atoms with van der Waals surface area (Å²) >= 11 is 6.03. The van der Waals surface area contributed by atoms with E-state index in [-0.39, 0.29) is 35.8 Å². The molecule has 0 bridgehead atoms. The summed E-state index contributed by atoms with van der Waals surface area (Å²) in [4.78, 5) is 48.7. The summed E-state index contributed by atoms with van der Waals surface area (Å²) in [5, 5.41) is 14.6. The highest BCUT2D eigenvalue weighted by Gasteiger charge is 2.31. The second-order valence-electron chi connectivity index (χ2n) is 8.27. The number of hydrogen-bond donors (Lipinski definition) is 5. The third kappa shape index (κ3) is 8.89. The molecule has 0 saturated carbocycles. The lowest BCUT2D eigenvalue weighted by molar-refractivity contribution is -0.143. The van der Waals surface area contributed by atoms with Crippen LogP contribution in [0.25, 0.3) is 0 Å². The zero-order valence-corrected chi connectivity index (χ0v) is 20.0. The summed E-state index contributed by atoms with van der Waals surface area (Å²) < 4.78 is 5.69. The number of benzene rings is 1. The van der Waals surface area contributed by atoms with E-state index in [4.69, 9.17) is 27.8 Å². The number of nitrogens with two attached hydrogens (primary N) is 2. The lowest BCUT2D eigenvalue weighted by Gasteiger charge is -2.24. The van der Waals surface area contributed by atoms with Crippen LogP contribution in [-0.4, -0.2) is 53.5 Å². The number of primary amides is 1. The molecule has 3 amide bonds. The van der Waals surface area contributed by atoms with Gasteiger partial charge in [-0.1, -0.05) is 45.7 Å².